The Kier molecular flexibility index (Phi) is 3.67. The number of rotatable bonds is 2. The van der Waals surface area contributed by atoms with Crippen LogP contribution in [-0.4, -0.2) is 16.5 Å². The van der Waals surface area contributed by atoms with Crippen LogP contribution in [0.25, 0.3) is 0 Å². The normalized spacial score (nSPS) is 30.7. The zero-order valence-corrected chi connectivity index (χ0v) is 8.09. The molecule has 13 heavy (non-hydrogen) atoms. The molecule has 1 atom stereocenters. The number of hydrogen-bond donors (Lipinski definition) is 1. The summed E-state index contributed by atoms with van der Waals surface area (Å²) in [6.07, 6.45) is 7.32. The van der Waals surface area contributed by atoms with Crippen LogP contribution in [0, 0.1) is 0 Å². The van der Waals surface area contributed by atoms with Crippen molar-refractivity contribution in [2.75, 3.05) is 0 Å². The van der Waals surface area contributed by atoms with Crippen LogP contribution in [0.5, 0.6) is 0 Å². The quantitative estimate of drug-likeness (QED) is 0.665. The zero-order valence-electron chi connectivity index (χ0n) is 8.09. The second-order valence-electron chi connectivity index (χ2n) is 3.86. The predicted molar refractivity (Wildman–Crippen MR) is 52.5 cm³/mol. The van der Waals surface area contributed by atoms with Crippen molar-refractivity contribution in [3.63, 3.8) is 0 Å². The Balaban J connectivity index is 2.64. The third-order valence-corrected chi connectivity index (χ3v) is 2.75. The molecule has 0 bridgehead atoms. The standard InChI is InChI=1S/C11H18O2/c1-2-8-11(13)9-6-4-3-5-7-10(11)12/h2,13H,1,3-9H2/t11-/m1/s1. The lowest BCUT2D eigenvalue weighted by atomic mass is 9.83. The van der Waals surface area contributed by atoms with Gasteiger partial charge in [0.2, 0.25) is 0 Å². The number of carbonyl (C=O) groups is 1. The highest BCUT2D eigenvalue weighted by Gasteiger charge is 2.33. The Morgan fingerprint density at radius 1 is 1.38 bits per heavy atom. The van der Waals surface area contributed by atoms with Crippen molar-refractivity contribution in [3.8, 4) is 0 Å². The predicted octanol–water partition coefficient (Wildman–Crippen LogP) is 2.22. The highest BCUT2D eigenvalue weighted by Crippen LogP contribution is 2.26. The molecule has 0 aliphatic heterocycles. The van der Waals surface area contributed by atoms with Crippen molar-refractivity contribution in [3.05, 3.63) is 12.7 Å². The summed E-state index contributed by atoms with van der Waals surface area (Å²) < 4.78 is 0. The first kappa shape index (κ1) is 10.5. The van der Waals surface area contributed by atoms with Gasteiger partial charge in [-0.05, 0) is 12.8 Å². The minimum atomic E-state index is -1.10. The summed E-state index contributed by atoms with van der Waals surface area (Å²) >= 11 is 0. The second kappa shape index (κ2) is 4.56. The van der Waals surface area contributed by atoms with Crippen LogP contribution < -0.4 is 0 Å². The van der Waals surface area contributed by atoms with Gasteiger partial charge < -0.3 is 5.11 Å². The molecule has 1 rings (SSSR count). The monoisotopic (exact) mass is 182 g/mol. The molecule has 0 aromatic carbocycles. The molecule has 1 fully saturated rings. The molecule has 0 saturated heterocycles. The van der Waals surface area contributed by atoms with Gasteiger partial charge in [-0.2, -0.15) is 0 Å². The Hall–Kier alpha value is -0.630. The van der Waals surface area contributed by atoms with Gasteiger partial charge in [-0.25, -0.2) is 0 Å². The van der Waals surface area contributed by atoms with E-state index in [-0.39, 0.29) is 5.78 Å². The fourth-order valence-electron chi connectivity index (χ4n) is 1.88. The minimum Gasteiger partial charge on any atom is -0.382 e. The van der Waals surface area contributed by atoms with E-state index in [9.17, 15) is 9.90 Å². The Bertz CT molecular complexity index is 198. The molecule has 1 saturated carbocycles. The molecule has 1 aliphatic carbocycles. The molecule has 1 aliphatic rings. The van der Waals surface area contributed by atoms with Gasteiger partial charge in [0.05, 0.1) is 0 Å². The largest absolute Gasteiger partial charge is 0.382 e. The summed E-state index contributed by atoms with van der Waals surface area (Å²) in [6.45, 7) is 3.58. The summed E-state index contributed by atoms with van der Waals surface area (Å²) in [4.78, 5) is 11.6. The first-order valence-corrected chi connectivity index (χ1v) is 5.05. The van der Waals surface area contributed by atoms with Gasteiger partial charge in [0.1, 0.15) is 5.60 Å². The fourth-order valence-corrected chi connectivity index (χ4v) is 1.88. The maximum absolute atomic E-state index is 11.6. The van der Waals surface area contributed by atoms with E-state index in [1.807, 2.05) is 0 Å². The lowest BCUT2D eigenvalue weighted by Gasteiger charge is -2.27. The first-order chi connectivity index (χ1) is 6.19. The SMILES string of the molecule is C=CC[C@@]1(O)CCCCCCC1=O. The van der Waals surface area contributed by atoms with Gasteiger partial charge in [-0.1, -0.05) is 25.3 Å². The van der Waals surface area contributed by atoms with Gasteiger partial charge in [0, 0.05) is 12.8 Å². The van der Waals surface area contributed by atoms with Crippen molar-refractivity contribution >= 4 is 5.78 Å². The third-order valence-electron chi connectivity index (χ3n) is 2.75. The lowest BCUT2D eigenvalue weighted by Crippen LogP contribution is -2.38. The molecule has 0 radical (unpaired) electrons. The van der Waals surface area contributed by atoms with E-state index in [2.05, 4.69) is 6.58 Å². The Morgan fingerprint density at radius 2 is 2.08 bits per heavy atom. The first-order valence-electron chi connectivity index (χ1n) is 5.05. The number of Topliss-reactive ketones (excluding diaryl/α,β-unsaturated/α-hetero) is 1. The average molecular weight is 182 g/mol. The van der Waals surface area contributed by atoms with E-state index in [4.69, 9.17) is 0 Å². The summed E-state index contributed by atoms with van der Waals surface area (Å²) in [6, 6.07) is 0. The molecule has 2 heteroatoms. The zero-order chi connectivity index (χ0) is 9.73. The van der Waals surface area contributed by atoms with Crippen molar-refractivity contribution in [2.45, 2.75) is 50.5 Å². The smallest absolute Gasteiger partial charge is 0.164 e. The highest BCUT2D eigenvalue weighted by atomic mass is 16.3. The summed E-state index contributed by atoms with van der Waals surface area (Å²) in [5.74, 6) is 0.00657. The molecule has 2 nitrogen and oxygen atoms in total. The van der Waals surface area contributed by atoms with Crippen LogP contribution in [-0.2, 0) is 4.79 Å². The summed E-state index contributed by atoms with van der Waals surface area (Å²) in [7, 11) is 0. The summed E-state index contributed by atoms with van der Waals surface area (Å²) in [5, 5.41) is 10.0. The van der Waals surface area contributed by atoms with Crippen molar-refractivity contribution in [2.24, 2.45) is 0 Å². The molecule has 0 heterocycles. The van der Waals surface area contributed by atoms with Crippen LogP contribution in [0.1, 0.15) is 44.9 Å². The van der Waals surface area contributed by atoms with E-state index in [0.29, 0.717) is 19.3 Å². The topological polar surface area (TPSA) is 37.3 Å². The summed E-state index contributed by atoms with van der Waals surface area (Å²) in [5.41, 5.74) is -1.10. The number of ketones is 1. The number of hydrogen-bond acceptors (Lipinski definition) is 2. The van der Waals surface area contributed by atoms with Crippen molar-refractivity contribution in [1.29, 1.82) is 0 Å². The Labute approximate surface area is 79.6 Å². The second-order valence-corrected chi connectivity index (χ2v) is 3.86. The molecular weight excluding hydrogens is 164 g/mol. The molecule has 0 aromatic rings. The number of carbonyl (C=O) groups excluding carboxylic acids is 1. The maximum atomic E-state index is 11.6. The molecule has 0 aromatic heterocycles. The molecule has 1 N–H and O–H groups in total. The number of aliphatic hydroxyl groups is 1. The molecule has 74 valence electrons. The van der Waals surface area contributed by atoms with Crippen LogP contribution in [0.2, 0.25) is 0 Å². The van der Waals surface area contributed by atoms with Crippen LogP contribution in [0.3, 0.4) is 0 Å². The minimum absolute atomic E-state index is 0.00657. The molecule has 0 unspecified atom stereocenters. The molecule has 0 spiro atoms. The van der Waals surface area contributed by atoms with E-state index in [0.717, 1.165) is 25.7 Å². The average Bonchev–Trinajstić information content (AvgIpc) is 2.09. The van der Waals surface area contributed by atoms with Gasteiger partial charge >= 0.3 is 0 Å². The third kappa shape index (κ3) is 2.66. The van der Waals surface area contributed by atoms with E-state index in [1.54, 1.807) is 6.08 Å². The fraction of sp³-hybridized carbons (Fsp3) is 0.727. The van der Waals surface area contributed by atoms with Crippen molar-refractivity contribution < 1.29 is 9.90 Å². The van der Waals surface area contributed by atoms with Gasteiger partial charge in [-0.15, -0.1) is 6.58 Å². The maximum Gasteiger partial charge on any atom is 0.164 e. The van der Waals surface area contributed by atoms with E-state index in [1.165, 1.54) is 0 Å². The van der Waals surface area contributed by atoms with E-state index < -0.39 is 5.60 Å². The van der Waals surface area contributed by atoms with Crippen LogP contribution >= 0.6 is 0 Å². The van der Waals surface area contributed by atoms with E-state index >= 15 is 0 Å². The molecule has 0 amide bonds. The molecular formula is C11H18O2. The van der Waals surface area contributed by atoms with Gasteiger partial charge in [0.25, 0.3) is 0 Å². The lowest BCUT2D eigenvalue weighted by molar-refractivity contribution is -0.138. The highest BCUT2D eigenvalue weighted by molar-refractivity contribution is 5.87. The van der Waals surface area contributed by atoms with Gasteiger partial charge in [0.15, 0.2) is 5.78 Å². The van der Waals surface area contributed by atoms with Crippen LogP contribution in [0.15, 0.2) is 12.7 Å². The van der Waals surface area contributed by atoms with Crippen molar-refractivity contribution in [1.82, 2.24) is 0 Å². The Morgan fingerprint density at radius 3 is 2.77 bits per heavy atom. The van der Waals surface area contributed by atoms with Crippen LogP contribution in [0.4, 0.5) is 0 Å². The van der Waals surface area contributed by atoms with Gasteiger partial charge in [-0.3, -0.25) is 4.79 Å².